The lowest BCUT2D eigenvalue weighted by molar-refractivity contribution is 0.158. The fourth-order valence-electron chi connectivity index (χ4n) is 1.40. The molecule has 0 atom stereocenters. The molecule has 0 aliphatic heterocycles. The number of benzene rings is 1. The number of rotatable bonds is 6. The van der Waals surface area contributed by atoms with E-state index in [2.05, 4.69) is 11.4 Å². The first-order valence-electron chi connectivity index (χ1n) is 5.24. The molecule has 0 radical (unpaired) electrons. The third-order valence-electron chi connectivity index (χ3n) is 2.17. The highest BCUT2D eigenvalue weighted by atomic mass is 16.5. The average molecular weight is 209 g/mol. The fourth-order valence-corrected chi connectivity index (χ4v) is 1.40. The number of methoxy groups -OCH3 is 1. The second kappa shape index (κ2) is 6.30. The molecule has 0 bridgehead atoms. The summed E-state index contributed by atoms with van der Waals surface area (Å²) in [4.78, 5) is 0. The highest BCUT2D eigenvalue weighted by molar-refractivity contribution is 5.50. The maximum Gasteiger partial charge on any atom is 0.121 e. The molecule has 0 saturated carbocycles. The van der Waals surface area contributed by atoms with Crippen molar-refractivity contribution < 1.29 is 9.47 Å². The number of nitrogens with one attached hydrogen (secondary N) is 1. The predicted molar refractivity (Wildman–Crippen MR) is 62.7 cm³/mol. The Morgan fingerprint density at radius 1 is 1.33 bits per heavy atom. The van der Waals surface area contributed by atoms with E-state index in [0.29, 0.717) is 0 Å². The third kappa shape index (κ3) is 3.80. The molecule has 1 rings (SSSR count). The van der Waals surface area contributed by atoms with Crippen LogP contribution in [0.5, 0.6) is 5.75 Å². The van der Waals surface area contributed by atoms with Crippen LogP contribution in [-0.2, 0) is 4.74 Å². The number of aryl methyl sites for hydroxylation is 1. The summed E-state index contributed by atoms with van der Waals surface area (Å²) in [5, 5.41) is 3.29. The zero-order valence-electron chi connectivity index (χ0n) is 9.67. The molecule has 84 valence electrons. The molecule has 0 saturated heterocycles. The van der Waals surface area contributed by atoms with Gasteiger partial charge in [-0.25, -0.2) is 0 Å². The molecular formula is C12H19NO2. The lowest BCUT2D eigenvalue weighted by atomic mass is 10.2. The Kier molecular flexibility index (Phi) is 4.98. The van der Waals surface area contributed by atoms with E-state index in [1.54, 1.807) is 7.11 Å². The molecule has 1 aromatic rings. The summed E-state index contributed by atoms with van der Waals surface area (Å²) in [7, 11) is 1.69. The van der Waals surface area contributed by atoms with Crippen LogP contribution >= 0.6 is 0 Å². The van der Waals surface area contributed by atoms with E-state index in [0.717, 1.165) is 36.8 Å². The number of hydrogen-bond acceptors (Lipinski definition) is 3. The van der Waals surface area contributed by atoms with Crippen LogP contribution in [0.15, 0.2) is 18.2 Å². The highest BCUT2D eigenvalue weighted by Gasteiger charge is 1.98. The summed E-state index contributed by atoms with van der Waals surface area (Å²) in [5.74, 6) is 0.922. The topological polar surface area (TPSA) is 30.5 Å². The van der Waals surface area contributed by atoms with Crippen molar-refractivity contribution >= 4 is 5.69 Å². The summed E-state index contributed by atoms with van der Waals surface area (Å²) in [5.41, 5.74) is 2.24. The van der Waals surface area contributed by atoms with E-state index >= 15 is 0 Å². The van der Waals surface area contributed by atoms with Crippen LogP contribution in [0.3, 0.4) is 0 Å². The second-order valence-electron chi connectivity index (χ2n) is 3.31. The average Bonchev–Trinajstić information content (AvgIpc) is 2.25. The van der Waals surface area contributed by atoms with Crippen molar-refractivity contribution in [1.82, 2.24) is 0 Å². The van der Waals surface area contributed by atoms with E-state index in [1.165, 1.54) is 0 Å². The first-order chi connectivity index (χ1) is 7.27. The normalized spacial score (nSPS) is 10.1. The van der Waals surface area contributed by atoms with Gasteiger partial charge in [-0.2, -0.15) is 0 Å². The van der Waals surface area contributed by atoms with Gasteiger partial charge in [0, 0.05) is 18.8 Å². The SMILES string of the molecule is CCOCCNc1ccc(OC)c(C)c1. The van der Waals surface area contributed by atoms with Crippen molar-refractivity contribution in [1.29, 1.82) is 0 Å². The standard InChI is InChI=1S/C12H19NO2/c1-4-15-8-7-13-11-5-6-12(14-3)10(2)9-11/h5-6,9,13H,4,7-8H2,1-3H3. The van der Waals surface area contributed by atoms with Gasteiger partial charge in [0.1, 0.15) is 5.75 Å². The van der Waals surface area contributed by atoms with Gasteiger partial charge < -0.3 is 14.8 Å². The van der Waals surface area contributed by atoms with Crippen molar-refractivity contribution in [2.45, 2.75) is 13.8 Å². The molecule has 1 N–H and O–H groups in total. The molecule has 0 heterocycles. The van der Waals surface area contributed by atoms with E-state index in [1.807, 2.05) is 26.0 Å². The quantitative estimate of drug-likeness (QED) is 0.730. The van der Waals surface area contributed by atoms with Gasteiger partial charge in [0.05, 0.1) is 13.7 Å². The van der Waals surface area contributed by atoms with Gasteiger partial charge in [-0.15, -0.1) is 0 Å². The summed E-state index contributed by atoms with van der Waals surface area (Å²) in [6, 6.07) is 6.06. The molecule has 0 aromatic heterocycles. The van der Waals surface area contributed by atoms with Crippen molar-refractivity contribution in [3.05, 3.63) is 23.8 Å². The Bertz CT molecular complexity index is 300. The summed E-state index contributed by atoms with van der Waals surface area (Å²) < 4.78 is 10.4. The van der Waals surface area contributed by atoms with Gasteiger partial charge in [0.15, 0.2) is 0 Å². The number of hydrogen-bond donors (Lipinski definition) is 1. The minimum Gasteiger partial charge on any atom is -0.496 e. The Balaban J connectivity index is 2.45. The van der Waals surface area contributed by atoms with Crippen LogP contribution in [0.2, 0.25) is 0 Å². The van der Waals surface area contributed by atoms with Crippen LogP contribution < -0.4 is 10.1 Å². The summed E-state index contributed by atoms with van der Waals surface area (Å²) in [6.07, 6.45) is 0. The van der Waals surface area contributed by atoms with Crippen molar-refractivity contribution in [2.24, 2.45) is 0 Å². The van der Waals surface area contributed by atoms with Crippen molar-refractivity contribution in [3.63, 3.8) is 0 Å². The monoisotopic (exact) mass is 209 g/mol. The van der Waals surface area contributed by atoms with Crippen LogP contribution in [0.4, 0.5) is 5.69 Å². The lowest BCUT2D eigenvalue weighted by Gasteiger charge is -2.09. The van der Waals surface area contributed by atoms with Crippen LogP contribution in [0, 0.1) is 6.92 Å². The first kappa shape index (κ1) is 11.9. The molecule has 3 nitrogen and oxygen atoms in total. The van der Waals surface area contributed by atoms with Crippen molar-refractivity contribution in [2.75, 3.05) is 32.2 Å². The van der Waals surface area contributed by atoms with Gasteiger partial charge in [-0.1, -0.05) is 0 Å². The van der Waals surface area contributed by atoms with E-state index < -0.39 is 0 Å². The van der Waals surface area contributed by atoms with Crippen LogP contribution in [0.25, 0.3) is 0 Å². The summed E-state index contributed by atoms with van der Waals surface area (Å²) in [6.45, 7) is 6.37. The van der Waals surface area contributed by atoms with Gasteiger partial charge in [0.2, 0.25) is 0 Å². The number of ether oxygens (including phenoxy) is 2. The second-order valence-corrected chi connectivity index (χ2v) is 3.31. The molecule has 0 amide bonds. The molecule has 15 heavy (non-hydrogen) atoms. The maximum absolute atomic E-state index is 5.24. The number of anilines is 1. The van der Waals surface area contributed by atoms with Crippen LogP contribution in [0.1, 0.15) is 12.5 Å². The molecule has 3 heteroatoms. The highest BCUT2D eigenvalue weighted by Crippen LogP contribution is 2.20. The Morgan fingerprint density at radius 2 is 2.13 bits per heavy atom. The predicted octanol–water partition coefficient (Wildman–Crippen LogP) is 2.45. The molecule has 0 spiro atoms. The molecule has 0 unspecified atom stereocenters. The van der Waals surface area contributed by atoms with Crippen molar-refractivity contribution in [3.8, 4) is 5.75 Å². The van der Waals surface area contributed by atoms with Gasteiger partial charge in [0.25, 0.3) is 0 Å². The van der Waals surface area contributed by atoms with E-state index in [9.17, 15) is 0 Å². The van der Waals surface area contributed by atoms with Crippen LogP contribution in [-0.4, -0.2) is 26.9 Å². The Morgan fingerprint density at radius 3 is 2.73 bits per heavy atom. The summed E-state index contributed by atoms with van der Waals surface area (Å²) >= 11 is 0. The molecule has 0 aliphatic carbocycles. The molecular weight excluding hydrogens is 190 g/mol. The largest absolute Gasteiger partial charge is 0.496 e. The van der Waals surface area contributed by atoms with Gasteiger partial charge in [-0.05, 0) is 37.6 Å². The van der Waals surface area contributed by atoms with E-state index in [4.69, 9.17) is 9.47 Å². The zero-order chi connectivity index (χ0) is 11.1. The molecule has 1 aromatic carbocycles. The fraction of sp³-hybridized carbons (Fsp3) is 0.500. The smallest absolute Gasteiger partial charge is 0.121 e. The Hall–Kier alpha value is -1.22. The third-order valence-corrected chi connectivity index (χ3v) is 2.17. The molecule has 0 aliphatic rings. The molecule has 0 fully saturated rings. The lowest BCUT2D eigenvalue weighted by Crippen LogP contribution is -2.09. The Labute approximate surface area is 91.4 Å². The van der Waals surface area contributed by atoms with E-state index in [-0.39, 0.29) is 0 Å². The van der Waals surface area contributed by atoms with Gasteiger partial charge >= 0.3 is 0 Å². The minimum atomic E-state index is 0.738. The minimum absolute atomic E-state index is 0.738. The zero-order valence-corrected chi connectivity index (χ0v) is 9.67. The van der Waals surface area contributed by atoms with Gasteiger partial charge in [-0.3, -0.25) is 0 Å². The maximum atomic E-state index is 5.24. The first-order valence-corrected chi connectivity index (χ1v) is 5.24.